The maximum atomic E-state index is 2.49. The minimum atomic E-state index is -0.139. The van der Waals surface area contributed by atoms with Crippen molar-refractivity contribution in [3.05, 3.63) is 179 Å². The van der Waals surface area contributed by atoms with Crippen LogP contribution < -0.4 is 10.4 Å². The predicted octanol–water partition coefficient (Wildman–Crippen LogP) is 14.2. The molecule has 0 fully saturated rings. The Labute approximate surface area is 330 Å². The van der Waals surface area contributed by atoms with Gasteiger partial charge in [-0.3, -0.25) is 0 Å². The maximum Gasteiger partial charge on any atom is 0.0433 e. The van der Waals surface area contributed by atoms with Crippen LogP contribution in [0.3, 0.4) is 0 Å². The normalized spacial score (nSPS) is 14.2. The fraction of sp³-hybridized carbons (Fsp3) is 0.0909. The van der Waals surface area contributed by atoms with Crippen LogP contribution in [0, 0.1) is 0 Å². The number of hydrogen-bond acceptors (Lipinski definition) is 1. The average Bonchev–Trinajstić information content (AvgIpc) is 3.74. The molecule has 0 aliphatic heterocycles. The largest absolute Gasteiger partial charge is 0.135 e. The summed E-state index contributed by atoms with van der Waals surface area (Å²) in [6, 6.07) is 59.5. The van der Waals surface area contributed by atoms with Gasteiger partial charge in [-0.05, 0) is 129 Å². The van der Waals surface area contributed by atoms with Gasteiger partial charge in [0.2, 0.25) is 0 Å². The lowest BCUT2D eigenvalue weighted by Crippen LogP contribution is -2.31. The summed E-state index contributed by atoms with van der Waals surface area (Å²) in [6.07, 6.45) is 7.09. The van der Waals surface area contributed by atoms with Gasteiger partial charge in [0.1, 0.15) is 0 Å². The zero-order valence-electron chi connectivity index (χ0n) is 31.5. The third kappa shape index (κ3) is 4.47. The lowest BCUT2D eigenvalue weighted by molar-refractivity contribution is 0.666. The van der Waals surface area contributed by atoms with Crippen LogP contribution in [0.1, 0.15) is 37.8 Å². The second-order valence-corrected chi connectivity index (χ2v) is 17.3. The first-order chi connectivity index (χ1) is 27.5. The Kier molecular flexibility index (Phi) is 6.78. The predicted molar refractivity (Wildman–Crippen MR) is 243 cm³/mol. The van der Waals surface area contributed by atoms with Gasteiger partial charge in [-0.25, -0.2) is 0 Å². The molecule has 56 heavy (non-hydrogen) atoms. The van der Waals surface area contributed by atoms with Crippen LogP contribution in [0.2, 0.25) is 0 Å². The molecule has 0 saturated carbocycles. The molecule has 0 atom stereocenters. The molecule has 264 valence electrons. The van der Waals surface area contributed by atoms with Crippen molar-refractivity contribution >= 4 is 76.0 Å². The summed E-state index contributed by atoms with van der Waals surface area (Å²) < 4.78 is 2.75. The van der Waals surface area contributed by atoms with Crippen LogP contribution in [0.5, 0.6) is 0 Å². The Hall–Kier alpha value is -6.28. The quantitative estimate of drug-likeness (QED) is 0.170. The molecule has 9 aromatic carbocycles. The van der Waals surface area contributed by atoms with E-state index in [2.05, 4.69) is 184 Å². The number of thiophene rings is 1. The van der Waals surface area contributed by atoms with Gasteiger partial charge in [-0.15, -0.1) is 11.3 Å². The molecule has 0 unspecified atom stereocenters. The van der Waals surface area contributed by atoms with Crippen LogP contribution in [0.15, 0.2) is 158 Å². The summed E-state index contributed by atoms with van der Waals surface area (Å²) in [6.45, 7) is 4.85. The van der Waals surface area contributed by atoms with E-state index in [0.717, 1.165) is 12.8 Å². The molecule has 0 radical (unpaired) electrons. The molecule has 10 aromatic rings. The van der Waals surface area contributed by atoms with Gasteiger partial charge in [0.25, 0.3) is 0 Å². The van der Waals surface area contributed by atoms with Crippen molar-refractivity contribution in [3.8, 4) is 44.5 Å². The lowest BCUT2D eigenvalue weighted by atomic mass is 9.79. The summed E-state index contributed by atoms with van der Waals surface area (Å²) in [7, 11) is 0. The van der Waals surface area contributed by atoms with Crippen molar-refractivity contribution in [3.63, 3.8) is 0 Å². The van der Waals surface area contributed by atoms with Gasteiger partial charge < -0.3 is 0 Å². The topological polar surface area (TPSA) is 0 Å². The van der Waals surface area contributed by atoms with E-state index >= 15 is 0 Å². The van der Waals surface area contributed by atoms with Crippen molar-refractivity contribution in [2.45, 2.75) is 32.1 Å². The molecule has 1 heterocycles. The summed E-state index contributed by atoms with van der Waals surface area (Å²) in [4.78, 5) is 0. The van der Waals surface area contributed by atoms with E-state index in [1.807, 2.05) is 11.3 Å². The summed E-state index contributed by atoms with van der Waals surface area (Å²) in [5.41, 5.74) is 13.2. The highest BCUT2D eigenvalue weighted by atomic mass is 32.1. The minimum Gasteiger partial charge on any atom is -0.135 e. The molecule has 12 rings (SSSR count). The van der Waals surface area contributed by atoms with Gasteiger partial charge in [0.15, 0.2) is 0 Å². The zero-order chi connectivity index (χ0) is 37.1. The first-order valence-corrected chi connectivity index (χ1v) is 20.7. The molecular formula is C55H38S. The smallest absolute Gasteiger partial charge is 0.0433 e. The molecule has 0 nitrogen and oxygen atoms in total. The van der Waals surface area contributed by atoms with E-state index in [1.54, 1.807) is 0 Å². The SMILES string of the molecule is CC1(C)c2cc(-c3cccc(-c4c5c(c(-c6cccc7ccccc67)c6ccccc46)=CCCC=5)c3)ccc2-c2ccc3c(ccc4c5ccccc5sc34)c21. The number of fused-ring (bicyclic) bond motifs is 12. The molecule has 0 N–H and O–H groups in total. The number of hydrogen-bond donors (Lipinski definition) is 0. The van der Waals surface area contributed by atoms with Crippen molar-refractivity contribution < 1.29 is 0 Å². The van der Waals surface area contributed by atoms with Gasteiger partial charge >= 0.3 is 0 Å². The third-order valence-corrected chi connectivity index (χ3v) is 14.1. The van der Waals surface area contributed by atoms with Crippen LogP contribution in [-0.2, 0) is 5.41 Å². The molecule has 0 amide bonds. The Morgan fingerprint density at radius 2 is 1.04 bits per heavy atom. The van der Waals surface area contributed by atoms with E-state index in [-0.39, 0.29) is 5.41 Å². The van der Waals surface area contributed by atoms with E-state index < -0.39 is 0 Å². The fourth-order valence-electron chi connectivity index (χ4n) is 10.4. The lowest BCUT2D eigenvalue weighted by Gasteiger charge is -2.24. The summed E-state index contributed by atoms with van der Waals surface area (Å²) >= 11 is 1.92. The van der Waals surface area contributed by atoms with Crippen LogP contribution in [-0.4, -0.2) is 0 Å². The Bertz CT molecular complexity index is 3440. The third-order valence-electron chi connectivity index (χ3n) is 12.9. The van der Waals surface area contributed by atoms with Gasteiger partial charge in [-0.2, -0.15) is 0 Å². The first-order valence-electron chi connectivity index (χ1n) is 19.9. The molecule has 1 aromatic heterocycles. The summed E-state index contributed by atoms with van der Waals surface area (Å²) in [5.74, 6) is 0. The molecule has 2 aliphatic rings. The van der Waals surface area contributed by atoms with Crippen molar-refractivity contribution in [1.82, 2.24) is 0 Å². The van der Waals surface area contributed by atoms with Crippen LogP contribution >= 0.6 is 11.3 Å². The molecule has 0 bridgehead atoms. The highest BCUT2D eigenvalue weighted by molar-refractivity contribution is 7.26. The molecule has 0 saturated heterocycles. The number of benzene rings is 9. The van der Waals surface area contributed by atoms with E-state index in [1.165, 1.54) is 119 Å². The highest BCUT2D eigenvalue weighted by Gasteiger charge is 2.37. The van der Waals surface area contributed by atoms with Crippen LogP contribution in [0.4, 0.5) is 0 Å². The molecule has 0 spiro atoms. The Morgan fingerprint density at radius 1 is 0.429 bits per heavy atom. The monoisotopic (exact) mass is 730 g/mol. The van der Waals surface area contributed by atoms with E-state index in [4.69, 9.17) is 0 Å². The first kappa shape index (κ1) is 32.0. The molecule has 2 aliphatic carbocycles. The molecular weight excluding hydrogens is 693 g/mol. The standard InChI is InChI=1S/C55H38S/c1-55(2)49-32-35(25-26-38(49)45-27-30-48-46(53(45)55)28-29-47-39-18-9-10-24-50(39)56-54(47)48)34-15-11-16-36(31-34)51-41-19-5-7-21-43(41)52(44-22-8-6-20-42(44)51)40-23-12-14-33-13-3-4-17-37(33)40/h3-5,7,9-32H,6,8H2,1-2H3. The van der Waals surface area contributed by atoms with Gasteiger partial charge in [0.05, 0.1) is 0 Å². The fourth-order valence-corrected chi connectivity index (χ4v) is 11.6. The zero-order valence-corrected chi connectivity index (χ0v) is 32.3. The van der Waals surface area contributed by atoms with Gasteiger partial charge in [0, 0.05) is 25.6 Å². The van der Waals surface area contributed by atoms with Crippen LogP contribution in [0.25, 0.3) is 109 Å². The molecule has 1 heteroatoms. The summed E-state index contributed by atoms with van der Waals surface area (Å²) in [5, 5.41) is 13.4. The Morgan fingerprint density at radius 3 is 1.89 bits per heavy atom. The Balaban J connectivity index is 1.02. The van der Waals surface area contributed by atoms with Gasteiger partial charge in [-0.1, -0.05) is 166 Å². The number of rotatable bonds is 3. The van der Waals surface area contributed by atoms with E-state index in [0.29, 0.717) is 0 Å². The van der Waals surface area contributed by atoms with E-state index in [9.17, 15) is 0 Å². The minimum absolute atomic E-state index is 0.139. The second kappa shape index (κ2) is 11.9. The van der Waals surface area contributed by atoms with Crippen molar-refractivity contribution in [1.29, 1.82) is 0 Å². The van der Waals surface area contributed by atoms with Crippen molar-refractivity contribution in [2.75, 3.05) is 0 Å². The van der Waals surface area contributed by atoms with Crippen molar-refractivity contribution in [2.24, 2.45) is 0 Å². The second-order valence-electron chi connectivity index (χ2n) is 16.2. The highest BCUT2D eigenvalue weighted by Crippen LogP contribution is 2.53. The maximum absolute atomic E-state index is 2.49. The average molecular weight is 731 g/mol.